The molecule has 0 saturated heterocycles. The van der Waals surface area contributed by atoms with Gasteiger partial charge in [-0.25, -0.2) is 9.18 Å². The van der Waals surface area contributed by atoms with Crippen LogP contribution in [0, 0.1) is 5.82 Å². The molecule has 0 radical (unpaired) electrons. The van der Waals surface area contributed by atoms with Crippen LogP contribution in [-0.2, 0) is 18.4 Å². The Kier molecular flexibility index (Phi) is 3.50. The molecule has 1 heterocycles. The highest BCUT2D eigenvalue weighted by atomic mass is 19.1. The fourth-order valence-electron chi connectivity index (χ4n) is 1.44. The fraction of sp³-hybridized carbons (Fsp3) is 0.167. The monoisotopic (exact) mass is 247 g/mol. The number of isocyanates is 1. The van der Waals surface area contributed by atoms with Crippen LogP contribution in [0.15, 0.2) is 35.6 Å². The van der Waals surface area contributed by atoms with Crippen molar-refractivity contribution >= 4 is 11.8 Å². The predicted molar refractivity (Wildman–Crippen MR) is 61.7 cm³/mol. The summed E-state index contributed by atoms with van der Waals surface area (Å²) < 4.78 is 20.5. The molecule has 1 aromatic heterocycles. The summed E-state index contributed by atoms with van der Waals surface area (Å²) in [4.78, 5) is 13.3. The van der Waals surface area contributed by atoms with Crippen LogP contribution in [0.1, 0.15) is 5.56 Å². The highest BCUT2D eigenvalue weighted by Gasteiger charge is 2.05. The van der Waals surface area contributed by atoms with Crippen LogP contribution in [0.5, 0.6) is 5.75 Å². The summed E-state index contributed by atoms with van der Waals surface area (Å²) in [7, 11) is 1.79. The number of aliphatic imine (C=N–C) groups is 1. The number of hydrogen-bond acceptors (Lipinski definition) is 4. The van der Waals surface area contributed by atoms with Gasteiger partial charge in [-0.2, -0.15) is 10.1 Å². The van der Waals surface area contributed by atoms with Gasteiger partial charge in [0.1, 0.15) is 6.61 Å². The van der Waals surface area contributed by atoms with Crippen molar-refractivity contribution in [3.05, 3.63) is 42.0 Å². The molecule has 0 bridgehead atoms. The van der Waals surface area contributed by atoms with Crippen LogP contribution < -0.4 is 4.74 Å². The number of aromatic nitrogens is 2. The number of benzene rings is 1. The Bertz CT molecular complexity index is 603. The molecular weight excluding hydrogens is 237 g/mol. The second-order valence-corrected chi connectivity index (χ2v) is 3.63. The molecule has 1 aromatic carbocycles. The first-order valence-corrected chi connectivity index (χ1v) is 5.17. The first-order valence-electron chi connectivity index (χ1n) is 5.17. The molecule has 0 spiro atoms. The highest BCUT2D eigenvalue weighted by molar-refractivity contribution is 5.50. The number of hydrogen-bond donors (Lipinski definition) is 0. The van der Waals surface area contributed by atoms with Gasteiger partial charge in [0.2, 0.25) is 6.08 Å². The normalized spacial score (nSPS) is 9.89. The summed E-state index contributed by atoms with van der Waals surface area (Å²) in [6.45, 7) is 0.223. The standard InChI is InChI=1S/C12H10FN3O2/c1-16-6-9(5-15-16)7-18-12-3-2-10(14-8-17)4-11(12)13/h2-6H,7H2,1H3. The van der Waals surface area contributed by atoms with Gasteiger partial charge >= 0.3 is 0 Å². The first kappa shape index (κ1) is 12.0. The van der Waals surface area contributed by atoms with E-state index in [1.807, 2.05) is 0 Å². The quantitative estimate of drug-likeness (QED) is 0.614. The molecule has 0 unspecified atom stereocenters. The SMILES string of the molecule is Cn1cc(COc2ccc(N=C=O)cc2F)cn1. The van der Waals surface area contributed by atoms with E-state index in [1.165, 1.54) is 18.2 Å². The lowest BCUT2D eigenvalue weighted by molar-refractivity contribution is 0.290. The molecule has 0 aliphatic carbocycles. The van der Waals surface area contributed by atoms with Crippen molar-refractivity contribution in [2.24, 2.45) is 12.0 Å². The largest absolute Gasteiger partial charge is 0.486 e. The highest BCUT2D eigenvalue weighted by Crippen LogP contribution is 2.23. The van der Waals surface area contributed by atoms with E-state index < -0.39 is 5.82 Å². The minimum Gasteiger partial charge on any atom is -0.486 e. The van der Waals surface area contributed by atoms with Crippen molar-refractivity contribution in [1.29, 1.82) is 0 Å². The van der Waals surface area contributed by atoms with Crippen LogP contribution >= 0.6 is 0 Å². The van der Waals surface area contributed by atoms with Crippen LogP contribution in [0.4, 0.5) is 10.1 Å². The van der Waals surface area contributed by atoms with E-state index in [-0.39, 0.29) is 18.0 Å². The maximum atomic E-state index is 13.5. The van der Waals surface area contributed by atoms with E-state index in [9.17, 15) is 9.18 Å². The molecule has 18 heavy (non-hydrogen) atoms. The smallest absolute Gasteiger partial charge is 0.240 e. The summed E-state index contributed by atoms with van der Waals surface area (Å²) in [6, 6.07) is 4.01. The van der Waals surface area contributed by atoms with Gasteiger partial charge in [0.15, 0.2) is 11.6 Å². The molecule has 2 rings (SSSR count). The van der Waals surface area contributed by atoms with Crippen LogP contribution in [0.3, 0.4) is 0 Å². The lowest BCUT2D eigenvalue weighted by Crippen LogP contribution is -1.96. The van der Waals surface area contributed by atoms with Crippen molar-refractivity contribution < 1.29 is 13.9 Å². The second kappa shape index (κ2) is 5.25. The zero-order valence-corrected chi connectivity index (χ0v) is 9.63. The maximum absolute atomic E-state index is 13.5. The molecule has 0 fully saturated rings. The zero-order chi connectivity index (χ0) is 13.0. The van der Waals surface area contributed by atoms with Crippen LogP contribution in [-0.4, -0.2) is 15.9 Å². The average Bonchev–Trinajstić information content (AvgIpc) is 2.74. The Morgan fingerprint density at radius 2 is 2.39 bits per heavy atom. The third-order valence-electron chi connectivity index (χ3n) is 2.24. The molecule has 0 aliphatic heterocycles. The Morgan fingerprint density at radius 1 is 1.56 bits per heavy atom. The predicted octanol–water partition coefficient (Wildman–Crippen LogP) is 2.11. The third kappa shape index (κ3) is 2.81. The van der Waals surface area contributed by atoms with Crippen LogP contribution in [0.2, 0.25) is 0 Å². The Balaban J connectivity index is 2.07. The van der Waals surface area contributed by atoms with Gasteiger partial charge in [0.05, 0.1) is 11.9 Å². The van der Waals surface area contributed by atoms with Crippen molar-refractivity contribution in [1.82, 2.24) is 9.78 Å². The van der Waals surface area contributed by atoms with E-state index in [0.717, 1.165) is 11.6 Å². The number of ether oxygens (including phenoxy) is 1. The van der Waals surface area contributed by atoms with Gasteiger partial charge in [-0.1, -0.05) is 0 Å². The second-order valence-electron chi connectivity index (χ2n) is 3.63. The maximum Gasteiger partial charge on any atom is 0.240 e. The summed E-state index contributed by atoms with van der Waals surface area (Å²) in [5.41, 5.74) is 1.04. The topological polar surface area (TPSA) is 56.5 Å². The Morgan fingerprint density at radius 3 is 3.00 bits per heavy atom. The van der Waals surface area contributed by atoms with Gasteiger partial charge in [-0.3, -0.25) is 4.68 Å². The summed E-state index contributed by atoms with van der Waals surface area (Å²) in [6.07, 6.45) is 4.77. The van der Waals surface area contributed by atoms with Crippen molar-refractivity contribution in [2.75, 3.05) is 0 Å². The van der Waals surface area contributed by atoms with Crippen LogP contribution in [0.25, 0.3) is 0 Å². The molecule has 0 aliphatic rings. The molecule has 0 N–H and O–H groups in total. The first-order chi connectivity index (χ1) is 8.69. The van der Waals surface area contributed by atoms with E-state index >= 15 is 0 Å². The third-order valence-corrected chi connectivity index (χ3v) is 2.24. The molecule has 92 valence electrons. The molecule has 0 atom stereocenters. The molecule has 5 nitrogen and oxygen atoms in total. The number of halogens is 1. The van der Waals surface area contributed by atoms with Gasteiger partial charge in [0.25, 0.3) is 0 Å². The minimum atomic E-state index is -0.574. The van der Waals surface area contributed by atoms with Gasteiger partial charge < -0.3 is 4.74 Å². The summed E-state index contributed by atoms with van der Waals surface area (Å²) in [5, 5.41) is 3.97. The number of aryl methyl sites for hydroxylation is 1. The molecular formula is C12H10FN3O2. The fourth-order valence-corrected chi connectivity index (χ4v) is 1.44. The lowest BCUT2D eigenvalue weighted by Gasteiger charge is -2.05. The zero-order valence-electron chi connectivity index (χ0n) is 9.63. The van der Waals surface area contributed by atoms with Gasteiger partial charge in [0, 0.05) is 24.9 Å². The summed E-state index contributed by atoms with van der Waals surface area (Å²) >= 11 is 0. The molecule has 6 heteroatoms. The van der Waals surface area contributed by atoms with Gasteiger partial charge in [-0.05, 0) is 12.1 Å². The minimum absolute atomic E-state index is 0.101. The molecule has 0 amide bonds. The van der Waals surface area contributed by atoms with Crippen molar-refractivity contribution in [3.8, 4) is 5.75 Å². The number of carbonyl (C=O) groups excluding carboxylic acids is 1. The average molecular weight is 247 g/mol. The van der Waals surface area contributed by atoms with E-state index in [2.05, 4.69) is 10.1 Å². The Labute approximate surface area is 103 Å². The number of nitrogens with zero attached hydrogens (tertiary/aromatic N) is 3. The molecule has 0 saturated carbocycles. The van der Waals surface area contributed by atoms with Crippen molar-refractivity contribution in [2.45, 2.75) is 6.61 Å². The van der Waals surface area contributed by atoms with E-state index in [1.54, 1.807) is 24.1 Å². The lowest BCUT2D eigenvalue weighted by atomic mass is 10.3. The summed E-state index contributed by atoms with van der Waals surface area (Å²) in [5.74, 6) is -0.473. The van der Waals surface area contributed by atoms with Crippen molar-refractivity contribution in [3.63, 3.8) is 0 Å². The molecule has 2 aromatic rings. The van der Waals surface area contributed by atoms with E-state index in [0.29, 0.717) is 0 Å². The van der Waals surface area contributed by atoms with Gasteiger partial charge in [-0.15, -0.1) is 0 Å². The Hall–Kier alpha value is -2.46. The number of rotatable bonds is 4. The van der Waals surface area contributed by atoms with E-state index in [4.69, 9.17) is 4.74 Å².